The maximum Gasteiger partial charge on any atom is 0.255 e. The molecule has 3 aromatic rings. The fourth-order valence-corrected chi connectivity index (χ4v) is 2.46. The van der Waals surface area contributed by atoms with Gasteiger partial charge in [0.05, 0.1) is 0 Å². The molecule has 0 atom stereocenters. The van der Waals surface area contributed by atoms with Gasteiger partial charge in [-0.15, -0.1) is 0 Å². The lowest BCUT2D eigenvalue weighted by Crippen LogP contribution is -2.14. The summed E-state index contributed by atoms with van der Waals surface area (Å²) in [7, 11) is 0. The van der Waals surface area contributed by atoms with Crippen LogP contribution in [-0.2, 0) is 0 Å². The maximum absolute atomic E-state index is 12.2. The Morgan fingerprint density at radius 3 is 1.72 bits per heavy atom. The van der Waals surface area contributed by atoms with Gasteiger partial charge < -0.3 is 10.6 Å². The van der Waals surface area contributed by atoms with Gasteiger partial charge in [0.1, 0.15) is 0 Å². The van der Waals surface area contributed by atoms with Crippen LogP contribution in [0, 0.1) is 0 Å². The van der Waals surface area contributed by atoms with Crippen molar-refractivity contribution in [2.45, 2.75) is 0 Å². The highest BCUT2D eigenvalue weighted by Gasteiger charge is 2.09. The average Bonchev–Trinajstić information content (AvgIpc) is 2.62. The SMILES string of the molecule is O=C(Nc1ccccc1)c1ccc(C(=O)Nc2cccc(Cl)c2)cc1. The summed E-state index contributed by atoms with van der Waals surface area (Å²) in [4.78, 5) is 24.4. The fourth-order valence-electron chi connectivity index (χ4n) is 2.27. The first kappa shape index (κ1) is 16.7. The van der Waals surface area contributed by atoms with Crippen LogP contribution in [0.15, 0.2) is 78.9 Å². The van der Waals surface area contributed by atoms with Gasteiger partial charge in [0.15, 0.2) is 0 Å². The molecule has 4 nitrogen and oxygen atoms in total. The molecule has 0 aliphatic rings. The van der Waals surface area contributed by atoms with Crippen LogP contribution < -0.4 is 10.6 Å². The van der Waals surface area contributed by atoms with E-state index in [0.717, 1.165) is 5.69 Å². The summed E-state index contributed by atoms with van der Waals surface area (Å²) in [5, 5.41) is 6.11. The Morgan fingerprint density at radius 2 is 1.16 bits per heavy atom. The van der Waals surface area contributed by atoms with Gasteiger partial charge >= 0.3 is 0 Å². The summed E-state index contributed by atoms with van der Waals surface area (Å²) in [6.07, 6.45) is 0. The summed E-state index contributed by atoms with van der Waals surface area (Å²) < 4.78 is 0. The van der Waals surface area contributed by atoms with Crippen LogP contribution in [0.2, 0.25) is 5.02 Å². The van der Waals surface area contributed by atoms with Crippen molar-refractivity contribution < 1.29 is 9.59 Å². The minimum Gasteiger partial charge on any atom is -0.322 e. The average molecular weight is 351 g/mol. The topological polar surface area (TPSA) is 58.2 Å². The van der Waals surface area contributed by atoms with Crippen molar-refractivity contribution >= 4 is 34.8 Å². The van der Waals surface area contributed by atoms with Crippen molar-refractivity contribution in [2.75, 3.05) is 10.6 Å². The number of carbonyl (C=O) groups excluding carboxylic acids is 2. The lowest BCUT2D eigenvalue weighted by Gasteiger charge is -2.07. The second-order valence-corrected chi connectivity index (χ2v) is 5.80. The van der Waals surface area contributed by atoms with E-state index in [1.807, 2.05) is 30.3 Å². The van der Waals surface area contributed by atoms with Crippen molar-refractivity contribution in [3.63, 3.8) is 0 Å². The molecule has 0 bridgehead atoms. The molecule has 3 rings (SSSR count). The quantitative estimate of drug-likeness (QED) is 0.707. The Kier molecular flexibility index (Phi) is 5.11. The first-order valence-corrected chi connectivity index (χ1v) is 8.03. The summed E-state index contributed by atoms with van der Waals surface area (Å²) in [5.41, 5.74) is 2.26. The number of hydrogen-bond donors (Lipinski definition) is 2. The van der Waals surface area contributed by atoms with Crippen LogP contribution >= 0.6 is 11.6 Å². The fraction of sp³-hybridized carbons (Fsp3) is 0. The molecule has 0 unspecified atom stereocenters. The lowest BCUT2D eigenvalue weighted by molar-refractivity contribution is 0.101. The van der Waals surface area contributed by atoms with E-state index in [4.69, 9.17) is 11.6 Å². The monoisotopic (exact) mass is 350 g/mol. The van der Waals surface area contributed by atoms with Crippen LogP contribution in [-0.4, -0.2) is 11.8 Å². The van der Waals surface area contributed by atoms with E-state index in [9.17, 15) is 9.59 Å². The van der Waals surface area contributed by atoms with Crippen LogP contribution in [0.25, 0.3) is 0 Å². The van der Waals surface area contributed by atoms with Gasteiger partial charge in [-0.3, -0.25) is 9.59 Å². The third-order valence-electron chi connectivity index (χ3n) is 3.52. The minimum atomic E-state index is -0.266. The number of halogens is 1. The number of para-hydroxylation sites is 1. The second kappa shape index (κ2) is 7.64. The standard InChI is InChI=1S/C20H15ClN2O2/c21-16-5-4-8-18(13-16)23-20(25)15-11-9-14(10-12-15)19(24)22-17-6-2-1-3-7-17/h1-13H,(H,22,24)(H,23,25). The second-order valence-electron chi connectivity index (χ2n) is 5.36. The summed E-state index contributed by atoms with van der Waals surface area (Å²) in [6, 6.07) is 22.6. The zero-order valence-corrected chi connectivity index (χ0v) is 14.0. The highest BCUT2D eigenvalue weighted by molar-refractivity contribution is 6.31. The molecule has 0 aromatic heterocycles. The highest BCUT2D eigenvalue weighted by atomic mass is 35.5. The number of amides is 2. The van der Waals surface area contributed by atoms with Crippen LogP contribution in [0.5, 0.6) is 0 Å². The molecule has 124 valence electrons. The molecule has 0 spiro atoms. The molecule has 2 N–H and O–H groups in total. The van der Waals surface area contributed by atoms with E-state index >= 15 is 0 Å². The predicted octanol–water partition coefficient (Wildman–Crippen LogP) is 4.84. The van der Waals surface area contributed by atoms with Gasteiger partial charge in [-0.2, -0.15) is 0 Å². The normalized spacial score (nSPS) is 10.1. The van der Waals surface area contributed by atoms with Crippen molar-refractivity contribution in [3.05, 3.63) is 95.0 Å². The van der Waals surface area contributed by atoms with E-state index in [1.54, 1.807) is 48.5 Å². The van der Waals surface area contributed by atoms with Crippen LogP contribution in [0.4, 0.5) is 11.4 Å². The summed E-state index contributed by atoms with van der Waals surface area (Å²) in [5.74, 6) is -0.495. The molecule has 0 aliphatic carbocycles. The maximum atomic E-state index is 12.2. The highest BCUT2D eigenvalue weighted by Crippen LogP contribution is 2.16. The number of anilines is 2. The Labute approximate surface area is 150 Å². The van der Waals surface area contributed by atoms with Gasteiger partial charge in [0, 0.05) is 27.5 Å². The smallest absolute Gasteiger partial charge is 0.255 e. The molecule has 0 radical (unpaired) electrons. The van der Waals surface area contributed by atoms with E-state index in [-0.39, 0.29) is 11.8 Å². The molecule has 0 fully saturated rings. The van der Waals surface area contributed by atoms with Crippen LogP contribution in [0.3, 0.4) is 0 Å². The summed E-state index contributed by atoms with van der Waals surface area (Å²) in [6.45, 7) is 0. The number of hydrogen-bond acceptors (Lipinski definition) is 2. The number of rotatable bonds is 4. The van der Waals surface area contributed by atoms with Crippen molar-refractivity contribution in [1.82, 2.24) is 0 Å². The van der Waals surface area contributed by atoms with Crippen molar-refractivity contribution in [3.8, 4) is 0 Å². The first-order valence-electron chi connectivity index (χ1n) is 7.65. The van der Waals surface area contributed by atoms with E-state index < -0.39 is 0 Å². The van der Waals surface area contributed by atoms with Gasteiger partial charge in [-0.1, -0.05) is 35.9 Å². The van der Waals surface area contributed by atoms with Gasteiger partial charge in [-0.05, 0) is 54.6 Å². The molecule has 25 heavy (non-hydrogen) atoms. The number of carbonyl (C=O) groups is 2. The largest absolute Gasteiger partial charge is 0.322 e. The molecule has 5 heteroatoms. The predicted molar refractivity (Wildman–Crippen MR) is 100 cm³/mol. The zero-order chi connectivity index (χ0) is 17.6. The molecular weight excluding hydrogens is 336 g/mol. The Hall–Kier alpha value is -3.11. The number of nitrogens with one attached hydrogen (secondary N) is 2. The molecule has 0 aliphatic heterocycles. The van der Waals surface area contributed by atoms with Gasteiger partial charge in [0.25, 0.3) is 11.8 Å². The third-order valence-corrected chi connectivity index (χ3v) is 3.76. The van der Waals surface area contributed by atoms with Crippen LogP contribution in [0.1, 0.15) is 20.7 Å². The molecule has 3 aromatic carbocycles. The van der Waals surface area contributed by atoms with E-state index in [1.165, 1.54) is 0 Å². The molecular formula is C20H15ClN2O2. The van der Waals surface area contributed by atoms with Crippen molar-refractivity contribution in [1.29, 1.82) is 0 Å². The Morgan fingerprint density at radius 1 is 0.640 bits per heavy atom. The molecule has 0 saturated carbocycles. The Bertz CT molecular complexity index is 893. The van der Waals surface area contributed by atoms with E-state index in [2.05, 4.69) is 10.6 Å². The lowest BCUT2D eigenvalue weighted by atomic mass is 10.1. The van der Waals surface area contributed by atoms with Crippen molar-refractivity contribution in [2.24, 2.45) is 0 Å². The third kappa shape index (κ3) is 4.46. The Balaban J connectivity index is 1.67. The van der Waals surface area contributed by atoms with Gasteiger partial charge in [0.2, 0.25) is 0 Å². The minimum absolute atomic E-state index is 0.229. The van der Waals surface area contributed by atoms with E-state index in [0.29, 0.717) is 21.8 Å². The summed E-state index contributed by atoms with van der Waals surface area (Å²) >= 11 is 5.90. The molecule has 0 saturated heterocycles. The molecule has 2 amide bonds. The first-order chi connectivity index (χ1) is 12.1. The molecule has 0 heterocycles. The zero-order valence-electron chi connectivity index (χ0n) is 13.2. The number of benzene rings is 3. The van der Waals surface area contributed by atoms with Gasteiger partial charge in [-0.25, -0.2) is 0 Å².